The van der Waals surface area contributed by atoms with Gasteiger partial charge in [0.1, 0.15) is 0 Å². The Kier molecular flexibility index (Phi) is 64.1. The average Bonchev–Trinajstić information content (AvgIpc) is 3.40. The maximum Gasteiger partial charge on any atom is 0.220 e. The molecule has 0 aliphatic heterocycles. The summed E-state index contributed by atoms with van der Waals surface area (Å²) in [5, 5.41) is 23.3. The van der Waals surface area contributed by atoms with Crippen LogP contribution < -0.4 is 5.32 Å². The summed E-state index contributed by atoms with van der Waals surface area (Å²) in [5.74, 6) is -0.0643. The van der Waals surface area contributed by atoms with Crippen molar-refractivity contribution in [1.82, 2.24) is 5.32 Å². The molecule has 4 nitrogen and oxygen atoms in total. The van der Waals surface area contributed by atoms with Gasteiger partial charge in [0.2, 0.25) is 5.91 Å². The van der Waals surface area contributed by atoms with Crippen LogP contribution in [0.1, 0.15) is 393 Å². The predicted molar refractivity (Wildman–Crippen MR) is 327 cm³/mol. The number of hydrogen-bond donors (Lipinski definition) is 3. The van der Waals surface area contributed by atoms with Crippen molar-refractivity contribution in [3.63, 3.8) is 0 Å². The van der Waals surface area contributed by atoms with E-state index in [2.05, 4.69) is 31.3 Å². The molecule has 3 N–H and O–H groups in total. The quantitative estimate of drug-likeness (QED) is 0.0420. The molecular formula is C69H135NO3. The fraction of sp³-hybridized carbons (Fsp3) is 0.928. The molecule has 434 valence electrons. The Morgan fingerprint density at radius 3 is 0.795 bits per heavy atom. The SMILES string of the molecule is CCCCCCCCCCCCCCCCCCCCCCCC/C=C/CC/C=C/C(O)C(CO)NC(=O)CCCCCCCCCCCCCCCCCCCCCCCCCCCCCCCCCCC. The minimum absolute atomic E-state index is 0.0643. The van der Waals surface area contributed by atoms with E-state index in [9.17, 15) is 15.0 Å². The van der Waals surface area contributed by atoms with Crippen molar-refractivity contribution in [3.05, 3.63) is 24.3 Å². The van der Waals surface area contributed by atoms with Gasteiger partial charge >= 0.3 is 0 Å². The van der Waals surface area contributed by atoms with Crippen molar-refractivity contribution in [2.24, 2.45) is 0 Å². The summed E-state index contributed by atoms with van der Waals surface area (Å²) in [6, 6.07) is -0.638. The first-order chi connectivity index (χ1) is 36.2. The fourth-order valence-corrected chi connectivity index (χ4v) is 11.0. The topological polar surface area (TPSA) is 69.6 Å². The largest absolute Gasteiger partial charge is 0.394 e. The molecule has 0 aliphatic carbocycles. The van der Waals surface area contributed by atoms with Crippen molar-refractivity contribution >= 4 is 5.91 Å². The Morgan fingerprint density at radius 1 is 0.315 bits per heavy atom. The molecule has 0 fully saturated rings. The lowest BCUT2D eigenvalue weighted by molar-refractivity contribution is -0.123. The van der Waals surface area contributed by atoms with Gasteiger partial charge in [-0.3, -0.25) is 4.79 Å². The molecule has 1 amide bonds. The molecule has 2 unspecified atom stereocenters. The van der Waals surface area contributed by atoms with Crippen LogP contribution in [-0.4, -0.2) is 34.9 Å². The standard InChI is InChI=1S/C69H135NO3/c1-3-5-7-9-11-13-15-17-19-21-23-25-27-29-31-33-34-35-36-37-39-41-43-45-47-49-51-53-55-57-59-61-63-65-69(73)70-67(66-71)68(72)64-62-60-58-56-54-52-50-48-46-44-42-40-38-32-30-28-26-24-22-20-18-16-14-12-10-8-6-4-2/h54,56,62,64,67-68,71-72H,3-53,55,57-61,63,65-66H2,1-2H3,(H,70,73)/b56-54+,64-62+. The Bertz CT molecular complexity index is 1070. The van der Waals surface area contributed by atoms with Crippen LogP contribution in [0.25, 0.3) is 0 Å². The van der Waals surface area contributed by atoms with Crippen LogP contribution in [0.5, 0.6) is 0 Å². The maximum absolute atomic E-state index is 12.5. The van der Waals surface area contributed by atoms with Gasteiger partial charge in [-0.25, -0.2) is 0 Å². The van der Waals surface area contributed by atoms with E-state index in [1.54, 1.807) is 6.08 Å². The van der Waals surface area contributed by atoms with E-state index >= 15 is 0 Å². The second-order valence-corrected chi connectivity index (χ2v) is 23.6. The van der Waals surface area contributed by atoms with Crippen LogP contribution in [0.15, 0.2) is 24.3 Å². The Hall–Kier alpha value is -1.13. The zero-order chi connectivity index (χ0) is 52.7. The lowest BCUT2D eigenvalue weighted by atomic mass is 10.0. The van der Waals surface area contributed by atoms with Crippen LogP contribution in [0.3, 0.4) is 0 Å². The summed E-state index contributed by atoms with van der Waals surface area (Å²) < 4.78 is 0. The molecule has 0 aromatic heterocycles. The van der Waals surface area contributed by atoms with Crippen molar-refractivity contribution in [3.8, 4) is 0 Å². The second kappa shape index (κ2) is 65.2. The third-order valence-corrected chi connectivity index (χ3v) is 16.2. The van der Waals surface area contributed by atoms with E-state index in [-0.39, 0.29) is 12.5 Å². The number of nitrogens with one attached hydrogen (secondary N) is 1. The third-order valence-electron chi connectivity index (χ3n) is 16.2. The molecule has 0 spiro atoms. The van der Waals surface area contributed by atoms with Gasteiger partial charge < -0.3 is 15.5 Å². The molecule has 0 heterocycles. The molecule has 73 heavy (non-hydrogen) atoms. The highest BCUT2D eigenvalue weighted by atomic mass is 16.3. The molecule has 0 aromatic rings. The molecule has 0 saturated heterocycles. The number of allylic oxidation sites excluding steroid dienone is 3. The lowest BCUT2D eigenvalue weighted by Gasteiger charge is -2.19. The number of aliphatic hydroxyl groups is 2. The zero-order valence-corrected chi connectivity index (χ0v) is 50.2. The highest BCUT2D eigenvalue weighted by Gasteiger charge is 2.18. The smallest absolute Gasteiger partial charge is 0.220 e. The van der Waals surface area contributed by atoms with Crippen LogP contribution in [0.4, 0.5) is 0 Å². The van der Waals surface area contributed by atoms with E-state index in [0.29, 0.717) is 6.42 Å². The highest BCUT2D eigenvalue weighted by Crippen LogP contribution is 2.19. The molecule has 4 heteroatoms. The highest BCUT2D eigenvalue weighted by molar-refractivity contribution is 5.76. The molecule has 0 saturated carbocycles. The van der Waals surface area contributed by atoms with E-state index in [1.807, 2.05) is 6.08 Å². The first kappa shape index (κ1) is 71.9. The maximum atomic E-state index is 12.5. The van der Waals surface area contributed by atoms with Gasteiger partial charge in [0.25, 0.3) is 0 Å². The zero-order valence-electron chi connectivity index (χ0n) is 50.2. The molecular weight excluding hydrogens is 891 g/mol. The summed E-state index contributed by atoms with van der Waals surface area (Å²) in [4.78, 5) is 12.5. The summed E-state index contributed by atoms with van der Waals surface area (Å²) in [5.41, 5.74) is 0. The Labute approximate surface area is 459 Å². The molecule has 0 aromatic carbocycles. The molecule has 0 bridgehead atoms. The number of rotatable bonds is 64. The van der Waals surface area contributed by atoms with Crippen LogP contribution in [0.2, 0.25) is 0 Å². The minimum atomic E-state index is -0.861. The molecule has 2 atom stereocenters. The number of aliphatic hydroxyl groups excluding tert-OH is 2. The van der Waals surface area contributed by atoms with E-state index in [1.165, 1.54) is 340 Å². The molecule has 0 rings (SSSR count). The van der Waals surface area contributed by atoms with Gasteiger partial charge in [-0.2, -0.15) is 0 Å². The number of hydrogen-bond acceptors (Lipinski definition) is 3. The van der Waals surface area contributed by atoms with Gasteiger partial charge in [-0.05, 0) is 32.1 Å². The summed E-state index contributed by atoms with van der Waals surface area (Å²) >= 11 is 0. The number of amides is 1. The lowest BCUT2D eigenvalue weighted by Crippen LogP contribution is -2.45. The minimum Gasteiger partial charge on any atom is -0.394 e. The van der Waals surface area contributed by atoms with Crippen molar-refractivity contribution in [1.29, 1.82) is 0 Å². The summed E-state index contributed by atoms with van der Waals surface area (Å²) in [6.45, 7) is 4.35. The van der Waals surface area contributed by atoms with E-state index in [4.69, 9.17) is 0 Å². The normalized spacial score (nSPS) is 12.8. The second-order valence-electron chi connectivity index (χ2n) is 23.6. The van der Waals surface area contributed by atoms with Crippen molar-refractivity contribution in [2.75, 3.05) is 6.61 Å². The van der Waals surface area contributed by atoms with Gasteiger partial charge in [-0.1, -0.05) is 378 Å². The number of unbranched alkanes of at least 4 members (excludes halogenated alkanes) is 55. The summed E-state index contributed by atoms with van der Waals surface area (Å²) in [6.07, 6.45) is 88.4. The van der Waals surface area contributed by atoms with Crippen LogP contribution >= 0.6 is 0 Å². The Morgan fingerprint density at radius 2 is 0.534 bits per heavy atom. The third kappa shape index (κ3) is 61.6. The molecule has 0 aliphatic rings. The average molecular weight is 1030 g/mol. The van der Waals surface area contributed by atoms with E-state index in [0.717, 1.165) is 32.1 Å². The predicted octanol–water partition coefficient (Wildman–Crippen LogP) is 23.0. The number of carbonyl (C=O) groups is 1. The fourth-order valence-electron chi connectivity index (χ4n) is 11.0. The van der Waals surface area contributed by atoms with Gasteiger partial charge in [-0.15, -0.1) is 0 Å². The van der Waals surface area contributed by atoms with Gasteiger partial charge in [0, 0.05) is 6.42 Å². The van der Waals surface area contributed by atoms with E-state index < -0.39 is 12.1 Å². The van der Waals surface area contributed by atoms with Crippen LogP contribution in [-0.2, 0) is 4.79 Å². The van der Waals surface area contributed by atoms with Crippen molar-refractivity contribution < 1.29 is 15.0 Å². The van der Waals surface area contributed by atoms with Crippen LogP contribution in [0, 0.1) is 0 Å². The Balaban J connectivity index is 3.43. The molecule has 0 radical (unpaired) electrons. The monoisotopic (exact) mass is 1030 g/mol. The van der Waals surface area contributed by atoms with Crippen molar-refractivity contribution in [2.45, 2.75) is 405 Å². The summed E-state index contributed by atoms with van der Waals surface area (Å²) in [7, 11) is 0. The first-order valence-corrected chi connectivity index (χ1v) is 34.1. The number of carbonyl (C=O) groups excluding carboxylic acids is 1. The first-order valence-electron chi connectivity index (χ1n) is 34.1. The van der Waals surface area contributed by atoms with Gasteiger partial charge in [0.05, 0.1) is 18.8 Å². The van der Waals surface area contributed by atoms with Gasteiger partial charge in [0.15, 0.2) is 0 Å².